The average Bonchev–Trinajstić information content (AvgIpc) is 2.14. The van der Waals surface area contributed by atoms with Crippen molar-refractivity contribution in [3.8, 4) is 0 Å². The van der Waals surface area contributed by atoms with Gasteiger partial charge in [0.15, 0.2) is 0 Å². The molecule has 8 nitrogen and oxygen atoms in total. The van der Waals surface area contributed by atoms with Crippen molar-refractivity contribution in [2.75, 3.05) is 11.0 Å². The second-order valence-electron chi connectivity index (χ2n) is 3.23. The number of nitrogens with one attached hydrogen (secondary N) is 1. The number of nitrogens with two attached hydrogens (primary N) is 1. The summed E-state index contributed by atoms with van der Waals surface area (Å²) < 4.78 is 24.0. The van der Waals surface area contributed by atoms with Crippen LogP contribution in [0.1, 0.15) is 10.4 Å². The summed E-state index contributed by atoms with van der Waals surface area (Å²) in [6.45, 7) is 0. The minimum atomic E-state index is -3.52. The van der Waals surface area contributed by atoms with Crippen LogP contribution in [0.15, 0.2) is 18.2 Å². The second kappa shape index (κ2) is 4.37. The lowest BCUT2D eigenvalue weighted by Gasteiger charge is -2.05. The van der Waals surface area contributed by atoms with E-state index in [0.29, 0.717) is 0 Å². The van der Waals surface area contributed by atoms with Crippen molar-refractivity contribution < 1.29 is 18.1 Å². The third kappa shape index (κ3) is 3.41. The quantitative estimate of drug-likeness (QED) is 0.583. The highest BCUT2D eigenvalue weighted by atomic mass is 32.2. The average molecular weight is 259 g/mol. The molecular formula is C8H9N3O5S. The summed E-state index contributed by atoms with van der Waals surface area (Å²) in [5.74, 6) is -1.01. The van der Waals surface area contributed by atoms with Crippen LogP contribution in [0.5, 0.6) is 0 Å². The third-order valence-corrected chi connectivity index (χ3v) is 2.37. The second-order valence-corrected chi connectivity index (χ2v) is 4.98. The first-order valence-corrected chi connectivity index (χ1v) is 6.16. The smallest absolute Gasteiger partial charge is 0.282 e. The zero-order valence-corrected chi connectivity index (χ0v) is 9.52. The normalized spacial score (nSPS) is 10.9. The minimum absolute atomic E-state index is 0.0342. The predicted octanol–water partition coefficient (Wildman–Crippen LogP) is 0.0652. The van der Waals surface area contributed by atoms with Crippen LogP contribution in [0.4, 0.5) is 11.4 Å². The molecule has 1 amide bonds. The van der Waals surface area contributed by atoms with Crippen molar-refractivity contribution in [3.05, 3.63) is 33.9 Å². The SMILES string of the molecule is CS(=O)(=O)Nc1ccc([N+](=O)[O-])c(C(N)=O)c1. The number of carbonyl (C=O) groups excluding carboxylic acids is 1. The highest BCUT2D eigenvalue weighted by molar-refractivity contribution is 7.92. The number of benzene rings is 1. The molecule has 0 unspecified atom stereocenters. The van der Waals surface area contributed by atoms with E-state index in [0.717, 1.165) is 18.4 Å². The van der Waals surface area contributed by atoms with Gasteiger partial charge >= 0.3 is 0 Å². The molecule has 0 aliphatic carbocycles. The standard InChI is InChI=1S/C8H9N3O5S/c1-17(15,16)10-5-2-3-7(11(13)14)6(4-5)8(9)12/h2-4,10H,1H3,(H2,9,12). The van der Waals surface area contributed by atoms with Gasteiger partial charge in [0.2, 0.25) is 10.0 Å². The van der Waals surface area contributed by atoms with Crippen molar-refractivity contribution >= 4 is 27.3 Å². The van der Waals surface area contributed by atoms with Crippen LogP contribution in [0.25, 0.3) is 0 Å². The first-order valence-electron chi connectivity index (χ1n) is 4.27. The summed E-state index contributed by atoms with van der Waals surface area (Å²) in [6.07, 6.45) is 0.915. The maximum absolute atomic E-state index is 11.0. The molecular weight excluding hydrogens is 250 g/mol. The molecule has 0 radical (unpaired) electrons. The number of rotatable bonds is 4. The fourth-order valence-electron chi connectivity index (χ4n) is 1.17. The molecule has 0 fully saturated rings. The number of nitrogens with zero attached hydrogens (tertiary/aromatic N) is 1. The Bertz CT molecular complexity index is 581. The van der Waals surface area contributed by atoms with Crippen LogP contribution >= 0.6 is 0 Å². The molecule has 17 heavy (non-hydrogen) atoms. The Hall–Kier alpha value is -2.16. The Labute approximate surface area is 96.6 Å². The van der Waals surface area contributed by atoms with Gasteiger partial charge in [-0.25, -0.2) is 8.42 Å². The van der Waals surface area contributed by atoms with Crippen molar-refractivity contribution in [3.63, 3.8) is 0 Å². The number of nitro groups is 1. The largest absolute Gasteiger partial charge is 0.365 e. The van der Waals surface area contributed by atoms with Crippen molar-refractivity contribution in [1.29, 1.82) is 0 Å². The summed E-state index contributed by atoms with van der Waals surface area (Å²) in [7, 11) is -3.52. The van der Waals surface area contributed by atoms with Crippen molar-refractivity contribution in [1.82, 2.24) is 0 Å². The number of carbonyl (C=O) groups is 1. The Balaban J connectivity index is 3.28. The van der Waals surface area contributed by atoms with Crippen LogP contribution in [0.3, 0.4) is 0 Å². The number of sulfonamides is 1. The summed E-state index contributed by atoms with van der Waals surface area (Å²) in [6, 6.07) is 3.20. The first-order chi connectivity index (χ1) is 7.70. The lowest BCUT2D eigenvalue weighted by molar-refractivity contribution is -0.385. The summed E-state index contributed by atoms with van der Waals surface area (Å²) in [4.78, 5) is 20.8. The van der Waals surface area contributed by atoms with Gasteiger partial charge < -0.3 is 5.73 Å². The Morgan fingerprint density at radius 1 is 1.47 bits per heavy atom. The molecule has 0 aromatic heterocycles. The molecule has 1 aromatic carbocycles. The molecule has 0 bridgehead atoms. The molecule has 0 saturated carbocycles. The Kier molecular flexibility index (Phi) is 3.32. The molecule has 3 N–H and O–H groups in total. The molecule has 0 aliphatic rings. The maximum Gasteiger partial charge on any atom is 0.282 e. The van der Waals surface area contributed by atoms with E-state index < -0.39 is 26.5 Å². The molecule has 0 atom stereocenters. The van der Waals surface area contributed by atoms with E-state index in [1.54, 1.807) is 0 Å². The highest BCUT2D eigenvalue weighted by Crippen LogP contribution is 2.22. The molecule has 9 heteroatoms. The van der Waals surface area contributed by atoms with Gasteiger partial charge in [-0.2, -0.15) is 0 Å². The van der Waals surface area contributed by atoms with Gasteiger partial charge in [-0.15, -0.1) is 0 Å². The van der Waals surface area contributed by atoms with Crippen LogP contribution in [-0.4, -0.2) is 25.5 Å². The summed E-state index contributed by atoms with van der Waals surface area (Å²) in [5.41, 5.74) is 4.17. The molecule has 0 spiro atoms. The first kappa shape index (κ1) is 12.9. The topological polar surface area (TPSA) is 132 Å². The van der Waals surface area contributed by atoms with Gasteiger partial charge in [0.05, 0.1) is 11.2 Å². The zero-order chi connectivity index (χ0) is 13.2. The van der Waals surface area contributed by atoms with Gasteiger partial charge in [-0.3, -0.25) is 19.6 Å². The van der Waals surface area contributed by atoms with Crippen molar-refractivity contribution in [2.45, 2.75) is 0 Å². The number of primary amides is 1. The summed E-state index contributed by atoms with van der Waals surface area (Å²) in [5, 5.41) is 10.6. The summed E-state index contributed by atoms with van der Waals surface area (Å²) >= 11 is 0. The molecule has 1 aromatic rings. The maximum atomic E-state index is 11.0. The van der Waals surface area contributed by atoms with E-state index in [1.807, 2.05) is 0 Å². The van der Waals surface area contributed by atoms with Gasteiger partial charge in [0.25, 0.3) is 11.6 Å². The number of anilines is 1. The fraction of sp³-hybridized carbons (Fsp3) is 0.125. The van der Waals surface area contributed by atoms with Crippen molar-refractivity contribution in [2.24, 2.45) is 5.73 Å². The van der Waals surface area contributed by atoms with Crippen LogP contribution in [0, 0.1) is 10.1 Å². The third-order valence-electron chi connectivity index (χ3n) is 1.76. The highest BCUT2D eigenvalue weighted by Gasteiger charge is 2.19. The monoisotopic (exact) mass is 259 g/mol. The number of nitro benzene ring substituents is 1. The zero-order valence-electron chi connectivity index (χ0n) is 8.71. The molecule has 1 rings (SSSR count). The van der Waals surface area contributed by atoms with E-state index >= 15 is 0 Å². The van der Waals surface area contributed by atoms with Gasteiger partial charge in [0.1, 0.15) is 5.56 Å². The van der Waals surface area contributed by atoms with Gasteiger partial charge in [-0.1, -0.05) is 0 Å². The van der Waals surface area contributed by atoms with E-state index in [9.17, 15) is 23.3 Å². The van der Waals surface area contributed by atoms with E-state index in [1.165, 1.54) is 6.07 Å². The van der Waals surface area contributed by atoms with E-state index in [-0.39, 0.29) is 11.3 Å². The lowest BCUT2D eigenvalue weighted by atomic mass is 10.1. The predicted molar refractivity (Wildman–Crippen MR) is 60.1 cm³/mol. The molecule has 92 valence electrons. The Morgan fingerprint density at radius 3 is 2.47 bits per heavy atom. The Morgan fingerprint density at radius 2 is 2.06 bits per heavy atom. The molecule has 0 heterocycles. The van der Waals surface area contributed by atoms with Gasteiger partial charge in [-0.05, 0) is 12.1 Å². The number of hydrogen-bond donors (Lipinski definition) is 2. The van der Waals surface area contributed by atoms with Crippen LogP contribution in [-0.2, 0) is 10.0 Å². The fourth-order valence-corrected chi connectivity index (χ4v) is 1.73. The molecule has 0 saturated heterocycles. The molecule has 0 aliphatic heterocycles. The van der Waals surface area contributed by atoms with Gasteiger partial charge in [0, 0.05) is 11.8 Å². The minimum Gasteiger partial charge on any atom is -0.365 e. The van der Waals surface area contributed by atoms with Crippen LogP contribution < -0.4 is 10.5 Å². The number of hydrogen-bond acceptors (Lipinski definition) is 5. The number of amides is 1. The van der Waals surface area contributed by atoms with E-state index in [4.69, 9.17) is 5.73 Å². The van der Waals surface area contributed by atoms with E-state index in [2.05, 4.69) is 4.72 Å². The lowest BCUT2D eigenvalue weighted by Crippen LogP contribution is -2.15. The van der Waals surface area contributed by atoms with Crippen LogP contribution in [0.2, 0.25) is 0 Å².